The zero-order chi connectivity index (χ0) is 18.1. The highest BCUT2D eigenvalue weighted by atomic mass is 16.5. The fraction of sp³-hybridized carbons (Fsp3) is 0.474. The van der Waals surface area contributed by atoms with E-state index in [9.17, 15) is 0 Å². The van der Waals surface area contributed by atoms with Crippen molar-refractivity contribution in [3.8, 4) is 0 Å². The third-order valence-corrected chi connectivity index (χ3v) is 3.95. The van der Waals surface area contributed by atoms with Crippen LogP contribution in [0.5, 0.6) is 0 Å². The predicted molar refractivity (Wildman–Crippen MR) is 102 cm³/mol. The highest BCUT2D eigenvalue weighted by Gasteiger charge is 2.16. The zero-order valence-corrected chi connectivity index (χ0v) is 15.6. The monoisotopic (exact) mass is 343 g/mol. The van der Waals surface area contributed by atoms with E-state index in [1.54, 1.807) is 7.11 Å². The number of ether oxygens (including phenoxy) is 1. The third-order valence-electron chi connectivity index (χ3n) is 3.95. The molecule has 2 N–H and O–H groups in total. The van der Waals surface area contributed by atoms with Crippen LogP contribution in [0.25, 0.3) is 0 Å². The van der Waals surface area contributed by atoms with Gasteiger partial charge in [-0.25, -0.2) is 9.98 Å². The maximum Gasteiger partial charge on any atom is 0.191 e. The number of benzene rings is 1. The zero-order valence-electron chi connectivity index (χ0n) is 15.6. The van der Waals surface area contributed by atoms with E-state index < -0.39 is 0 Å². The number of rotatable bonds is 8. The van der Waals surface area contributed by atoms with Crippen LogP contribution in [0.15, 0.2) is 47.7 Å². The SMILES string of the molecule is CCNC(=NCc1nccn1Cc1ccccc1)NCC(C)(C)OC. The van der Waals surface area contributed by atoms with Gasteiger partial charge in [0.05, 0.1) is 5.60 Å². The molecule has 0 unspecified atom stereocenters. The van der Waals surface area contributed by atoms with Gasteiger partial charge in [0.1, 0.15) is 12.4 Å². The van der Waals surface area contributed by atoms with Gasteiger partial charge in [0.25, 0.3) is 0 Å². The summed E-state index contributed by atoms with van der Waals surface area (Å²) in [6, 6.07) is 10.4. The number of nitrogens with zero attached hydrogens (tertiary/aromatic N) is 3. The number of aliphatic imine (C=N–C) groups is 1. The first-order valence-corrected chi connectivity index (χ1v) is 8.65. The van der Waals surface area contributed by atoms with Gasteiger partial charge in [-0.15, -0.1) is 0 Å². The van der Waals surface area contributed by atoms with Crippen molar-refractivity contribution in [2.75, 3.05) is 20.2 Å². The molecule has 0 aliphatic rings. The van der Waals surface area contributed by atoms with Gasteiger partial charge in [0.15, 0.2) is 5.96 Å². The molecule has 0 atom stereocenters. The summed E-state index contributed by atoms with van der Waals surface area (Å²) in [6.45, 7) is 8.92. The van der Waals surface area contributed by atoms with Crippen LogP contribution < -0.4 is 10.6 Å². The average molecular weight is 343 g/mol. The summed E-state index contributed by atoms with van der Waals surface area (Å²) >= 11 is 0. The minimum atomic E-state index is -0.248. The van der Waals surface area contributed by atoms with Crippen LogP contribution in [-0.4, -0.2) is 41.3 Å². The summed E-state index contributed by atoms with van der Waals surface area (Å²) in [5.74, 6) is 1.70. The summed E-state index contributed by atoms with van der Waals surface area (Å²) < 4.78 is 7.57. The molecule has 0 aliphatic heterocycles. The first-order chi connectivity index (χ1) is 12.0. The largest absolute Gasteiger partial charge is 0.377 e. The number of nitrogens with one attached hydrogen (secondary N) is 2. The predicted octanol–water partition coefficient (Wildman–Crippen LogP) is 2.41. The van der Waals surface area contributed by atoms with E-state index >= 15 is 0 Å². The lowest BCUT2D eigenvalue weighted by Gasteiger charge is -2.24. The first-order valence-electron chi connectivity index (χ1n) is 8.65. The van der Waals surface area contributed by atoms with Gasteiger partial charge in [0.2, 0.25) is 0 Å². The van der Waals surface area contributed by atoms with Crippen molar-refractivity contribution >= 4 is 5.96 Å². The Morgan fingerprint density at radius 2 is 2.00 bits per heavy atom. The molecule has 2 rings (SSSR count). The molecule has 6 nitrogen and oxygen atoms in total. The topological polar surface area (TPSA) is 63.5 Å². The summed E-state index contributed by atoms with van der Waals surface area (Å²) in [6.07, 6.45) is 3.81. The lowest BCUT2D eigenvalue weighted by atomic mass is 10.1. The summed E-state index contributed by atoms with van der Waals surface area (Å²) in [4.78, 5) is 9.10. The first kappa shape index (κ1) is 19.0. The molecule has 2 aromatic rings. The van der Waals surface area contributed by atoms with Crippen molar-refractivity contribution in [3.63, 3.8) is 0 Å². The van der Waals surface area contributed by atoms with Crippen LogP contribution in [0, 0.1) is 0 Å². The van der Waals surface area contributed by atoms with E-state index in [4.69, 9.17) is 4.74 Å². The van der Waals surface area contributed by atoms with Crippen LogP contribution in [0.3, 0.4) is 0 Å². The van der Waals surface area contributed by atoms with E-state index in [0.717, 1.165) is 24.9 Å². The Morgan fingerprint density at radius 1 is 1.24 bits per heavy atom. The number of methoxy groups -OCH3 is 1. The van der Waals surface area contributed by atoms with Gasteiger partial charge < -0.3 is 19.9 Å². The molecule has 0 aliphatic carbocycles. The second kappa shape index (κ2) is 9.22. The lowest BCUT2D eigenvalue weighted by molar-refractivity contribution is 0.0268. The van der Waals surface area contributed by atoms with Crippen molar-refractivity contribution in [1.29, 1.82) is 0 Å². The van der Waals surface area contributed by atoms with Gasteiger partial charge in [-0.05, 0) is 26.3 Å². The molecular weight excluding hydrogens is 314 g/mol. The number of hydrogen-bond acceptors (Lipinski definition) is 3. The minimum absolute atomic E-state index is 0.248. The van der Waals surface area contributed by atoms with Crippen molar-refractivity contribution in [1.82, 2.24) is 20.2 Å². The Bertz CT molecular complexity index is 663. The Hall–Kier alpha value is -2.34. The lowest BCUT2D eigenvalue weighted by Crippen LogP contribution is -2.45. The molecule has 0 amide bonds. The van der Waals surface area contributed by atoms with Gasteiger partial charge in [-0.1, -0.05) is 30.3 Å². The molecule has 1 aromatic heterocycles. The maximum atomic E-state index is 5.44. The van der Waals surface area contributed by atoms with Gasteiger partial charge in [-0.3, -0.25) is 0 Å². The van der Waals surface area contributed by atoms with Crippen molar-refractivity contribution < 1.29 is 4.74 Å². The Labute approximate surface area is 150 Å². The van der Waals surface area contributed by atoms with E-state index in [1.807, 2.05) is 32.3 Å². The summed E-state index contributed by atoms with van der Waals surface area (Å²) in [5, 5.41) is 6.58. The van der Waals surface area contributed by atoms with E-state index in [0.29, 0.717) is 13.1 Å². The Kier molecular flexibility index (Phi) is 7.01. The normalized spacial score (nSPS) is 12.2. The highest BCUT2D eigenvalue weighted by molar-refractivity contribution is 5.79. The molecule has 1 aromatic carbocycles. The van der Waals surface area contributed by atoms with E-state index in [1.165, 1.54) is 5.56 Å². The highest BCUT2D eigenvalue weighted by Crippen LogP contribution is 2.07. The maximum absolute atomic E-state index is 5.44. The number of aromatic nitrogens is 2. The standard InChI is InChI=1S/C19H29N5O/c1-5-20-18(23-15-19(2,3)25-4)22-13-17-21-11-12-24(17)14-16-9-7-6-8-10-16/h6-12H,5,13-15H2,1-4H3,(H2,20,22,23). The summed E-state index contributed by atoms with van der Waals surface area (Å²) in [5.41, 5.74) is 1.000. The Morgan fingerprint density at radius 3 is 2.68 bits per heavy atom. The summed E-state index contributed by atoms with van der Waals surface area (Å²) in [7, 11) is 1.71. The fourth-order valence-corrected chi connectivity index (χ4v) is 2.28. The molecule has 0 bridgehead atoms. The second-order valence-electron chi connectivity index (χ2n) is 6.47. The van der Waals surface area contributed by atoms with Crippen LogP contribution in [-0.2, 0) is 17.8 Å². The van der Waals surface area contributed by atoms with Crippen molar-refractivity contribution in [2.45, 2.75) is 39.5 Å². The van der Waals surface area contributed by atoms with E-state index in [2.05, 4.69) is 56.4 Å². The molecule has 1 heterocycles. The quantitative estimate of drug-likeness (QED) is 0.571. The Balaban J connectivity index is 2.01. The minimum Gasteiger partial charge on any atom is -0.377 e. The van der Waals surface area contributed by atoms with Crippen LogP contribution in [0.2, 0.25) is 0 Å². The molecule has 0 fully saturated rings. The number of hydrogen-bond donors (Lipinski definition) is 2. The number of guanidine groups is 1. The molecule has 0 saturated heterocycles. The number of imidazole rings is 1. The molecular formula is C19H29N5O. The molecule has 0 saturated carbocycles. The van der Waals surface area contributed by atoms with Crippen LogP contribution >= 0.6 is 0 Å². The molecule has 25 heavy (non-hydrogen) atoms. The molecule has 6 heteroatoms. The van der Waals surface area contributed by atoms with Gasteiger partial charge in [0, 0.05) is 39.1 Å². The van der Waals surface area contributed by atoms with Crippen molar-refractivity contribution in [2.24, 2.45) is 4.99 Å². The average Bonchev–Trinajstić information content (AvgIpc) is 3.05. The second-order valence-corrected chi connectivity index (χ2v) is 6.47. The smallest absolute Gasteiger partial charge is 0.191 e. The third kappa shape index (κ3) is 6.23. The molecule has 0 spiro atoms. The fourth-order valence-electron chi connectivity index (χ4n) is 2.28. The molecule has 0 radical (unpaired) electrons. The van der Waals surface area contributed by atoms with E-state index in [-0.39, 0.29) is 5.60 Å². The van der Waals surface area contributed by atoms with Crippen molar-refractivity contribution in [3.05, 3.63) is 54.1 Å². The van der Waals surface area contributed by atoms with Crippen LogP contribution in [0.4, 0.5) is 0 Å². The van der Waals surface area contributed by atoms with Gasteiger partial charge in [-0.2, -0.15) is 0 Å². The molecule has 136 valence electrons. The van der Waals surface area contributed by atoms with Gasteiger partial charge >= 0.3 is 0 Å². The van der Waals surface area contributed by atoms with Crippen LogP contribution in [0.1, 0.15) is 32.2 Å².